The van der Waals surface area contributed by atoms with Gasteiger partial charge in [0.2, 0.25) is 0 Å². The van der Waals surface area contributed by atoms with Crippen LogP contribution in [0.3, 0.4) is 0 Å². The fraction of sp³-hybridized carbons (Fsp3) is 0.222. The van der Waals surface area contributed by atoms with Crippen LogP contribution in [0.1, 0.15) is 18.1 Å². The number of imide groups is 1. The van der Waals surface area contributed by atoms with Crippen LogP contribution in [-0.2, 0) is 21.7 Å². The summed E-state index contributed by atoms with van der Waals surface area (Å²) in [6.07, 6.45) is 3.08. The molecule has 7 nitrogen and oxygen atoms in total. The number of aliphatic carboxylic acids is 1. The molecule has 3 rings (SSSR count). The van der Waals surface area contributed by atoms with E-state index in [0.717, 1.165) is 10.5 Å². The maximum absolute atomic E-state index is 13.0. The molecule has 1 aromatic heterocycles. The third kappa shape index (κ3) is 2.84. The van der Waals surface area contributed by atoms with Crippen LogP contribution in [0, 0.1) is 0 Å². The molecule has 1 aliphatic heterocycles. The number of carbonyl (C=O) groups is 3. The van der Waals surface area contributed by atoms with Gasteiger partial charge in [0.15, 0.2) is 0 Å². The van der Waals surface area contributed by atoms with E-state index < -0.39 is 30.0 Å². The maximum atomic E-state index is 13.0. The summed E-state index contributed by atoms with van der Waals surface area (Å²) in [6, 6.07) is 12.0. The van der Waals surface area contributed by atoms with Gasteiger partial charge < -0.3 is 10.0 Å². The SMILES string of the molecule is C[C@]1(c2ccncc2)C(=O)N(CC(=O)O)C(=O)N1Cc1ccccc1. The zero-order valence-electron chi connectivity index (χ0n) is 13.6. The number of pyridine rings is 1. The number of nitrogens with zero attached hydrogens (tertiary/aromatic N) is 3. The predicted molar refractivity (Wildman–Crippen MR) is 88.3 cm³/mol. The molecular formula is C18H17N3O4. The second kappa shape index (κ2) is 6.35. The predicted octanol–water partition coefficient (Wildman–Crippen LogP) is 1.85. The Morgan fingerprint density at radius 3 is 2.36 bits per heavy atom. The van der Waals surface area contributed by atoms with Crippen molar-refractivity contribution in [1.29, 1.82) is 0 Å². The molecule has 1 aliphatic rings. The molecule has 0 saturated carbocycles. The van der Waals surface area contributed by atoms with Gasteiger partial charge >= 0.3 is 12.0 Å². The summed E-state index contributed by atoms with van der Waals surface area (Å²) < 4.78 is 0. The Labute approximate surface area is 144 Å². The lowest BCUT2D eigenvalue weighted by atomic mass is 9.90. The van der Waals surface area contributed by atoms with Gasteiger partial charge in [-0.25, -0.2) is 4.79 Å². The summed E-state index contributed by atoms with van der Waals surface area (Å²) in [5.41, 5.74) is 0.150. The summed E-state index contributed by atoms with van der Waals surface area (Å²) in [6.45, 7) is 1.16. The van der Waals surface area contributed by atoms with Gasteiger partial charge in [-0.1, -0.05) is 30.3 Å². The molecule has 0 aliphatic carbocycles. The van der Waals surface area contributed by atoms with Gasteiger partial charge in [-0.05, 0) is 30.2 Å². The molecule has 7 heteroatoms. The zero-order chi connectivity index (χ0) is 18.0. The molecule has 0 radical (unpaired) electrons. The number of amides is 3. The first kappa shape index (κ1) is 16.6. The molecule has 0 spiro atoms. The average molecular weight is 339 g/mol. The van der Waals surface area contributed by atoms with Crippen LogP contribution in [0.15, 0.2) is 54.9 Å². The number of urea groups is 1. The number of aromatic nitrogens is 1. The van der Waals surface area contributed by atoms with Crippen LogP contribution in [-0.4, -0.2) is 44.3 Å². The Hall–Kier alpha value is -3.22. The van der Waals surface area contributed by atoms with Crippen molar-refractivity contribution < 1.29 is 19.5 Å². The minimum absolute atomic E-state index is 0.195. The Kier molecular flexibility index (Phi) is 4.22. The average Bonchev–Trinajstić information content (AvgIpc) is 2.79. The van der Waals surface area contributed by atoms with Crippen molar-refractivity contribution in [2.45, 2.75) is 19.0 Å². The maximum Gasteiger partial charge on any atom is 0.328 e. The van der Waals surface area contributed by atoms with Crippen molar-refractivity contribution in [3.05, 3.63) is 66.0 Å². The normalized spacial score (nSPS) is 20.2. The zero-order valence-corrected chi connectivity index (χ0v) is 13.6. The van der Waals surface area contributed by atoms with Gasteiger partial charge in [-0.15, -0.1) is 0 Å². The summed E-state index contributed by atoms with van der Waals surface area (Å²) in [4.78, 5) is 43.0. The standard InChI is InChI=1S/C18H17N3O4/c1-18(14-7-9-19-10-8-14)16(24)20(12-15(22)23)17(25)21(18)11-13-5-3-2-4-6-13/h2-10H,11-12H2,1H3,(H,22,23)/t18-/m0/s1. The molecule has 1 aromatic carbocycles. The third-order valence-electron chi connectivity index (χ3n) is 4.38. The smallest absolute Gasteiger partial charge is 0.328 e. The molecule has 2 heterocycles. The third-order valence-corrected chi connectivity index (χ3v) is 4.38. The molecule has 0 unspecified atom stereocenters. The molecule has 128 valence electrons. The lowest BCUT2D eigenvalue weighted by molar-refractivity contribution is -0.143. The molecule has 3 amide bonds. The first-order chi connectivity index (χ1) is 11.9. The van der Waals surface area contributed by atoms with Crippen LogP contribution >= 0.6 is 0 Å². The van der Waals surface area contributed by atoms with E-state index in [0.29, 0.717) is 5.56 Å². The van der Waals surface area contributed by atoms with Gasteiger partial charge in [-0.2, -0.15) is 0 Å². The van der Waals surface area contributed by atoms with Crippen molar-refractivity contribution in [3.63, 3.8) is 0 Å². The van der Waals surface area contributed by atoms with Crippen LogP contribution < -0.4 is 0 Å². The quantitative estimate of drug-likeness (QED) is 0.840. The summed E-state index contributed by atoms with van der Waals surface area (Å²) in [7, 11) is 0. The van der Waals surface area contributed by atoms with Crippen molar-refractivity contribution in [1.82, 2.24) is 14.8 Å². The summed E-state index contributed by atoms with van der Waals surface area (Å²) in [5.74, 6) is -1.79. The number of carboxylic acid groups (broad SMARTS) is 1. The molecular weight excluding hydrogens is 322 g/mol. The van der Waals surface area contributed by atoms with E-state index in [1.54, 1.807) is 31.5 Å². The number of hydrogen-bond acceptors (Lipinski definition) is 4. The summed E-state index contributed by atoms with van der Waals surface area (Å²) in [5, 5.41) is 9.05. The Balaban J connectivity index is 2.06. The van der Waals surface area contributed by atoms with Crippen LogP contribution in [0.4, 0.5) is 4.79 Å². The highest BCUT2D eigenvalue weighted by Gasteiger charge is 2.55. The van der Waals surface area contributed by atoms with Crippen molar-refractivity contribution in [2.75, 3.05) is 6.54 Å². The highest BCUT2D eigenvalue weighted by Crippen LogP contribution is 2.38. The number of benzene rings is 1. The number of rotatable bonds is 5. The first-order valence-electron chi connectivity index (χ1n) is 7.74. The van der Waals surface area contributed by atoms with Gasteiger partial charge in [0.05, 0.1) is 0 Å². The minimum atomic E-state index is -1.29. The molecule has 1 saturated heterocycles. The van der Waals surface area contributed by atoms with Crippen molar-refractivity contribution >= 4 is 17.9 Å². The topological polar surface area (TPSA) is 90.8 Å². The molecule has 0 bridgehead atoms. The van der Waals surface area contributed by atoms with Crippen molar-refractivity contribution in [2.24, 2.45) is 0 Å². The van der Waals surface area contributed by atoms with E-state index in [1.165, 1.54) is 4.90 Å². The number of carbonyl (C=O) groups excluding carboxylic acids is 2. The Bertz CT molecular complexity index is 810. The fourth-order valence-electron chi connectivity index (χ4n) is 3.02. The van der Waals surface area contributed by atoms with E-state index in [2.05, 4.69) is 4.98 Å². The van der Waals surface area contributed by atoms with E-state index in [4.69, 9.17) is 5.11 Å². The first-order valence-corrected chi connectivity index (χ1v) is 7.74. The second-order valence-electron chi connectivity index (χ2n) is 5.95. The number of hydrogen-bond donors (Lipinski definition) is 1. The highest BCUT2D eigenvalue weighted by molar-refractivity contribution is 6.08. The molecule has 25 heavy (non-hydrogen) atoms. The minimum Gasteiger partial charge on any atom is -0.480 e. The Morgan fingerprint density at radius 1 is 1.12 bits per heavy atom. The largest absolute Gasteiger partial charge is 0.480 e. The van der Waals surface area contributed by atoms with E-state index in [1.807, 2.05) is 30.3 Å². The van der Waals surface area contributed by atoms with Crippen molar-refractivity contribution in [3.8, 4) is 0 Å². The second-order valence-corrected chi connectivity index (χ2v) is 5.95. The van der Waals surface area contributed by atoms with Gasteiger partial charge in [0.1, 0.15) is 12.1 Å². The van der Waals surface area contributed by atoms with E-state index >= 15 is 0 Å². The van der Waals surface area contributed by atoms with Crippen LogP contribution in [0.2, 0.25) is 0 Å². The van der Waals surface area contributed by atoms with Crippen LogP contribution in [0.25, 0.3) is 0 Å². The van der Waals surface area contributed by atoms with Gasteiger partial charge in [-0.3, -0.25) is 19.5 Å². The van der Waals surface area contributed by atoms with Gasteiger partial charge in [0.25, 0.3) is 5.91 Å². The van der Waals surface area contributed by atoms with Crippen LogP contribution in [0.5, 0.6) is 0 Å². The monoisotopic (exact) mass is 339 g/mol. The lowest BCUT2D eigenvalue weighted by Gasteiger charge is -2.32. The van der Waals surface area contributed by atoms with E-state index in [9.17, 15) is 14.4 Å². The summed E-state index contributed by atoms with van der Waals surface area (Å²) >= 11 is 0. The lowest BCUT2D eigenvalue weighted by Crippen LogP contribution is -2.44. The molecule has 2 aromatic rings. The fourth-order valence-corrected chi connectivity index (χ4v) is 3.02. The Morgan fingerprint density at radius 2 is 1.76 bits per heavy atom. The number of carboxylic acids is 1. The van der Waals surface area contributed by atoms with E-state index in [-0.39, 0.29) is 6.54 Å². The highest BCUT2D eigenvalue weighted by atomic mass is 16.4. The molecule has 1 fully saturated rings. The van der Waals surface area contributed by atoms with Gasteiger partial charge in [0, 0.05) is 18.9 Å². The molecule has 1 N–H and O–H groups in total. The molecule has 1 atom stereocenters.